The van der Waals surface area contributed by atoms with Crippen LogP contribution in [0.15, 0.2) is 120 Å². The first-order chi connectivity index (χ1) is 24.4. The van der Waals surface area contributed by atoms with Gasteiger partial charge in [-0.25, -0.2) is 0 Å². The van der Waals surface area contributed by atoms with E-state index in [9.17, 15) is 5.26 Å². The van der Waals surface area contributed by atoms with Crippen molar-refractivity contribution < 1.29 is 28.6 Å². The second-order valence-electron chi connectivity index (χ2n) is 12.7. The normalized spacial score (nSPS) is 12.4. The molecule has 4 nitrogen and oxygen atoms in total. The Labute approximate surface area is 308 Å². The van der Waals surface area contributed by atoms with E-state index in [4.69, 9.17) is 8.53 Å². The van der Waals surface area contributed by atoms with Crippen LogP contribution >= 0.6 is 0 Å². The molecule has 4 aromatic carbocycles. The first-order valence-electron chi connectivity index (χ1n) is 17.7. The van der Waals surface area contributed by atoms with E-state index in [2.05, 4.69) is 62.4 Å². The fourth-order valence-corrected chi connectivity index (χ4v) is 10.1. The number of fused-ring (bicyclic) bond motifs is 3. The Kier molecular flexibility index (Phi) is 9.84. The SMILES string of the molecule is [2H]C([2H])([2H])c1cnc(-c2[c-]ccc3c2oc2c(-c4ccccc4)c(C#N)ccc23)cc1[Si](C)(C(C)C)C(C)C.[Ir].[c-]1ccccc1-c1ccccn1. The Morgan fingerprint density at radius 3 is 2.18 bits per heavy atom. The molecular formula is C43H39IrN3OSi-2. The molecule has 0 fully saturated rings. The summed E-state index contributed by atoms with van der Waals surface area (Å²) in [6.45, 7) is 8.79. The number of rotatable bonds is 6. The Morgan fingerprint density at radius 1 is 0.796 bits per heavy atom. The molecule has 7 rings (SSSR count). The van der Waals surface area contributed by atoms with Gasteiger partial charge in [0.05, 0.1) is 25.3 Å². The minimum Gasteiger partial charge on any atom is -0.500 e. The maximum absolute atomic E-state index is 9.88. The van der Waals surface area contributed by atoms with Crippen molar-refractivity contribution in [3.05, 3.63) is 139 Å². The number of pyridine rings is 2. The molecule has 0 N–H and O–H groups in total. The van der Waals surface area contributed by atoms with Crippen molar-refractivity contribution in [2.45, 2.75) is 52.2 Å². The average Bonchev–Trinajstić information content (AvgIpc) is 3.53. The van der Waals surface area contributed by atoms with Crippen LogP contribution in [0.1, 0.15) is 42.9 Å². The monoisotopic (exact) mass is 837 g/mol. The number of nitrogens with zero attached hydrogens (tertiary/aromatic N) is 3. The summed E-state index contributed by atoms with van der Waals surface area (Å²) in [5.41, 5.74) is 7.79. The molecule has 0 bridgehead atoms. The number of aryl methyl sites for hydroxylation is 1. The van der Waals surface area contributed by atoms with Crippen LogP contribution in [0.2, 0.25) is 17.6 Å². The van der Waals surface area contributed by atoms with Gasteiger partial charge in [-0.1, -0.05) is 105 Å². The van der Waals surface area contributed by atoms with Crippen molar-refractivity contribution in [3.8, 4) is 39.7 Å². The topological polar surface area (TPSA) is 62.7 Å². The molecule has 0 aliphatic carbocycles. The standard InChI is InChI=1S/C32H31N2OSi.C11H8N.Ir/c1-20(2)36(6,21(3)4)29-17-28(34-19-22(29)5)27-14-10-13-25-26-16-15-24(18-33)30(32(26)35-31(25)27)23-11-8-7-9-12-23;1-2-6-10(7-3-1)11-8-4-5-9-12-11;/h7-13,15-17,19-21H,1-6H3;1-6,8-9H;/q2*-1;/i5D3;;. The molecule has 49 heavy (non-hydrogen) atoms. The zero-order chi connectivity index (χ0) is 36.3. The van der Waals surface area contributed by atoms with Crippen molar-refractivity contribution in [1.29, 1.82) is 5.26 Å². The van der Waals surface area contributed by atoms with E-state index in [0.717, 1.165) is 38.3 Å². The molecule has 3 heterocycles. The largest absolute Gasteiger partial charge is 0.500 e. The summed E-state index contributed by atoms with van der Waals surface area (Å²) in [5, 5.41) is 12.6. The number of aromatic nitrogens is 2. The van der Waals surface area contributed by atoms with Crippen molar-refractivity contribution in [2.24, 2.45) is 0 Å². The summed E-state index contributed by atoms with van der Waals surface area (Å²) in [4.78, 5) is 8.88. The van der Waals surface area contributed by atoms with Gasteiger partial charge in [0, 0.05) is 47.6 Å². The van der Waals surface area contributed by atoms with Crippen LogP contribution in [0.5, 0.6) is 0 Å². The summed E-state index contributed by atoms with van der Waals surface area (Å²) < 4.78 is 31.3. The first-order valence-corrected chi connectivity index (χ1v) is 18.9. The quantitative estimate of drug-likeness (QED) is 0.124. The van der Waals surface area contributed by atoms with Gasteiger partial charge in [0.1, 0.15) is 5.58 Å². The van der Waals surface area contributed by atoms with Gasteiger partial charge in [0.15, 0.2) is 0 Å². The molecule has 0 saturated carbocycles. The molecule has 6 heteroatoms. The van der Waals surface area contributed by atoms with Gasteiger partial charge in [-0.15, -0.1) is 54.1 Å². The molecule has 247 valence electrons. The molecule has 3 aromatic heterocycles. The smallest absolute Gasteiger partial charge is 0.130 e. The number of nitriles is 1. The van der Waals surface area contributed by atoms with E-state index in [1.807, 2.05) is 103 Å². The molecule has 0 amide bonds. The van der Waals surface area contributed by atoms with Gasteiger partial charge in [0.25, 0.3) is 0 Å². The first kappa shape index (κ1) is 31.6. The summed E-state index contributed by atoms with van der Waals surface area (Å²) in [7, 11) is -2.24. The van der Waals surface area contributed by atoms with Gasteiger partial charge in [-0.3, -0.25) is 0 Å². The van der Waals surface area contributed by atoms with Gasteiger partial charge in [-0.2, -0.15) is 5.26 Å². The molecule has 0 unspecified atom stereocenters. The molecule has 0 saturated heterocycles. The average molecular weight is 837 g/mol. The van der Waals surface area contributed by atoms with Crippen molar-refractivity contribution in [1.82, 2.24) is 9.97 Å². The van der Waals surface area contributed by atoms with Crippen LogP contribution in [-0.2, 0) is 20.1 Å². The molecule has 0 aliphatic heterocycles. The summed E-state index contributed by atoms with van der Waals surface area (Å²) >= 11 is 0. The number of furan rings is 1. The third-order valence-corrected chi connectivity index (χ3v) is 15.9. The fraction of sp³-hybridized carbons (Fsp3) is 0.186. The maximum atomic E-state index is 9.88. The van der Waals surface area contributed by atoms with E-state index in [1.54, 1.807) is 6.20 Å². The third-order valence-electron chi connectivity index (χ3n) is 9.57. The Hall–Kier alpha value is -4.66. The molecule has 7 aromatic rings. The van der Waals surface area contributed by atoms with Crippen LogP contribution in [-0.4, -0.2) is 18.0 Å². The second-order valence-corrected chi connectivity index (χ2v) is 18.2. The second kappa shape index (κ2) is 15.3. The van der Waals surface area contributed by atoms with Gasteiger partial charge in [-0.05, 0) is 52.6 Å². The zero-order valence-corrected chi connectivity index (χ0v) is 31.6. The van der Waals surface area contributed by atoms with Crippen molar-refractivity contribution >= 4 is 35.2 Å². The van der Waals surface area contributed by atoms with Gasteiger partial charge >= 0.3 is 0 Å². The third kappa shape index (κ3) is 6.93. The van der Waals surface area contributed by atoms with Crippen molar-refractivity contribution in [3.63, 3.8) is 0 Å². The summed E-state index contributed by atoms with van der Waals surface area (Å²) in [5.74, 6) is 0. The number of hydrogen-bond acceptors (Lipinski definition) is 4. The van der Waals surface area contributed by atoms with Gasteiger partial charge < -0.3 is 14.4 Å². The van der Waals surface area contributed by atoms with E-state index >= 15 is 0 Å². The molecule has 0 aliphatic rings. The van der Waals surface area contributed by atoms with Crippen LogP contribution < -0.4 is 5.19 Å². The van der Waals surface area contributed by atoms with E-state index in [0.29, 0.717) is 44.6 Å². The van der Waals surface area contributed by atoms with Crippen LogP contribution in [0.3, 0.4) is 0 Å². The Bertz CT molecular complexity index is 2290. The maximum Gasteiger partial charge on any atom is 0.130 e. The minimum atomic E-state index is -2.26. The predicted molar refractivity (Wildman–Crippen MR) is 201 cm³/mol. The summed E-state index contributed by atoms with van der Waals surface area (Å²) in [6.07, 6.45) is 3.32. The Morgan fingerprint density at radius 2 is 1.53 bits per heavy atom. The van der Waals surface area contributed by atoms with Crippen LogP contribution in [0.4, 0.5) is 0 Å². The van der Waals surface area contributed by atoms with Crippen LogP contribution in [0.25, 0.3) is 55.6 Å². The summed E-state index contributed by atoms with van der Waals surface area (Å²) in [6, 6.07) is 41.8. The predicted octanol–water partition coefficient (Wildman–Crippen LogP) is 10.9. The van der Waals surface area contributed by atoms with Gasteiger partial charge in [0.2, 0.25) is 0 Å². The van der Waals surface area contributed by atoms with Crippen molar-refractivity contribution in [2.75, 3.05) is 0 Å². The zero-order valence-electron chi connectivity index (χ0n) is 31.2. The van der Waals surface area contributed by atoms with E-state index in [-0.39, 0.29) is 20.1 Å². The Balaban J connectivity index is 0.000000339. The minimum absolute atomic E-state index is 0. The van der Waals surface area contributed by atoms with E-state index in [1.165, 1.54) is 6.20 Å². The van der Waals surface area contributed by atoms with Crippen LogP contribution in [0, 0.1) is 30.3 Å². The molecular weight excluding hydrogens is 795 g/mol. The molecule has 0 atom stereocenters. The van der Waals surface area contributed by atoms with E-state index < -0.39 is 14.9 Å². The molecule has 0 spiro atoms. The number of benzene rings is 4. The molecule has 1 radical (unpaired) electrons. The fourth-order valence-electron chi connectivity index (χ4n) is 6.38. The number of hydrogen-bond donors (Lipinski definition) is 0.